The van der Waals surface area contributed by atoms with Gasteiger partial charge in [0.25, 0.3) is 0 Å². The van der Waals surface area contributed by atoms with Crippen LogP contribution in [0.3, 0.4) is 0 Å². The smallest absolute Gasteiger partial charge is 0 e. The molecule has 0 bridgehead atoms. The molecule has 0 fully saturated rings. The first-order valence-electron chi connectivity index (χ1n) is 0.854. The maximum absolute atomic E-state index is 3.24. The van der Waals surface area contributed by atoms with E-state index >= 15 is 0 Å². The molecule has 0 saturated carbocycles. The molecule has 0 aliphatic heterocycles. The average Bonchev–Trinajstić information content (AvgIpc) is 0.918. The summed E-state index contributed by atoms with van der Waals surface area (Å²) in [5, 5.41) is 0. The normalized spacial score (nSPS) is 3.25. The van der Waals surface area contributed by atoms with Gasteiger partial charge < -0.3 is 6.08 Å². The van der Waals surface area contributed by atoms with E-state index in [-0.39, 0.29) is 20.4 Å². The first kappa shape index (κ1) is 8.83. The van der Waals surface area contributed by atoms with Crippen LogP contribution in [0.5, 0.6) is 0 Å². The summed E-state index contributed by atoms with van der Waals surface area (Å²) in [6, 6.07) is 0. The van der Waals surface area contributed by atoms with Gasteiger partial charge in [0.1, 0.15) is 0 Å². The zero-order valence-corrected chi connectivity index (χ0v) is 4.08. The molecule has 4 heavy (non-hydrogen) atoms. The van der Waals surface area contributed by atoms with E-state index in [1.54, 1.807) is 6.92 Å². The zero-order chi connectivity index (χ0) is 2.71. The summed E-state index contributed by atoms with van der Waals surface area (Å²) in [5.74, 6) is 0. The van der Waals surface area contributed by atoms with Crippen LogP contribution in [0.25, 0.3) is 0 Å². The van der Waals surface area contributed by atoms with Crippen molar-refractivity contribution < 1.29 is 20.4 Å². The molecule has 0 radical (unpaired) electrons. The fourth-order valence-electron chi connectivity index (χ4n) is 0. The minimum absolute atomic E-state index is 0. The van der Waals surface area contributed by atoms with Crippen LogP contribution < -0.4 is 0 Å². The van der Waals surface area contributed by atoms with E-state index in [0.29, 0.717) is 0 Å². The van der Waals surface area contributed by atoms with Gasteiger partial charge in [-0.25, -0.2) is 0 Å². The molecule has 0 aliphatic carbocycles. The van der Waals surface area contributed by atoms with Crippen LogP contribution >= 0.6 is 0 Å². The number of hydrogen-bond donors (Lipinski definition) is 0. The molecule has 28 valence electrons. The quantitative estimate of drug-likeness (QED) is 0.354. The van der Waals surface area contributed by atoms with E-state index in [1.807, 2.05) is 0 Å². The number of hydrogen-bond acceptors (Lipinski definition) is 0. The minimum Gasteiger partial charge on any atom is -0.507 e. The maximum atomic E-state index is 3.24. The van der Waals surface area contributed by atoms with E-state index in [9.17, 15) is 0 Å². The summed E-state index contributed by atoms with van der Waals surface area (Å²) >= 11 is 0. The molecule has 0 saturated heterocycles. The Morgan fingerprint density at radius 1 is 1.75 bits per heavy atom. The summed E-state index contributed by atoms with van der Waals surface area (Å²) in [7, 11) is 0. The summed E-state index contributed by atoms with van der Waals surface area (Å²) in [6.45, 7) is 5.00. The Bertz CT molecular complexity index is 10.8. The van der Waals surface area contributed by atoms with Gasteiger partial charge in [0.15, 0.2) is 0 Å². The summed E-state index contributed by atoms with van der Waals surface area (Å²) in [4.78, 5) is 0. The molecular weight excluding hydrogens is 142 g/mol. The molecule has 0 aliphatic rings. The fourth-order valence-corrected chi connectivity index (χ4v) is 0. The van der Waals surface area contributed by atoms with E-state index in [4.69, 9.17) is 0 Å². The number of allylic oxidation sites excluding steroid dienone is 1. The van der Waals surface area contributed by atoms with Crippen molar-refractivity contribution in [2.24, 2.45) is 0 Å². The van der Waals surface area contributed by atoms with E-state index < -0.39 is 0 Å². The summed E-state index contributed by atoms with van der Waals surface area (Å²) in [6.07, 6.45) is 2.50. The van der Waals surface area contributed by atoms with Crippen LogP contribution in [-0.2, 0) is 20.4 Å². The van der Waals surface area contributed by atoms with Crippen LogP contribution in [0.1, 0.15) is 6.92 Å². The third kappa shape index (κ3) is 29.2. The molecule has 0 rings (SSSR count). The van der Waals surface area contributed by atoms with Gasteiger partial charge in [-0.2, -0.15) is 6.92 Å². The molecule has 0 amide bonds. The molecule has 1 heteroatoms. The van der Waals surface area contributed by atoms with Gasteiger partial charge in [0, 0.05) is 20.4 Å². The van der Waals surface area contributed by atoms with Gasteiger partial charge in [-0.05, 0) is 0 Å². The Hall–Kier alpha value is 0.402. The van der Waals surface area contributed by atoms with Crippen LogP contribution in [0, 0.1) is 6.08 Å². The Kier molecular flexibility index (Phi) is 22.0. The van der Waals surface area contributed by atoms with Gasteiger partial charge in [0.05, 0.1) is 0 Å². The Balaban J connectivity index is 0. The van der Waals surface area contributed by atoms with Crippen molar-refractivity contribution in [1.29, 1.82) is 0 Å². The molecular formula is C3H5Pd-. The van der Waals surface area contributed by atoms with Gasteiger partial charge in [0.2, 0.25) is 0 Å². The molecule has 0 atom stereocenters. The molecule has 0 aromatic rings. The topological polar surface area (TPSA) is 0 Å². The monoisotopic (exact) mass is 147 g/mol. The van der Waals surface area contributed by atoms with Crippen molar-refractivity contribution in [3.63, 3.8) is 0 Å². The first-order chi connectivity index (χ1) is 1.41. The van der Waals surface area contributed by atoms with Crippen LogP contribution in [-0.4, -0.2) is 0 Å². The van der Waals surface area contributed by atoms with Crippen molar-refractivity contribution in [1.82, 2.24) is 0 Å². The predicted octanol–water partition coefficient (Wildman–Crippen LogP) is 0.993. The van der Waals surface area contributed by atoms with Gasteiger partial charge >= 0.3 is 0 Å². The van der Waals surface area contributed by atoms with Crippen molar-refractivity contribution in [2.75, 3.05) is 0 Å². The van der Waals surface area contributed by atoms with Crippen molar-refractivity contribution >= 4 is 0 Å². The predicted molar refractivity (Wildman–Crippen MR) is 14.5 cm³/mol. The van der Waals surface area contributed by atoms with Crippen LogP contribution in [0.4, 0.5) is 0 Å². The summed E-state index contributed by atoms with van der Waals surface area (Å²) in [5.41, 5.74) is 0. The third-order valence-electron chi connectivity index (χ3n) is 0. The fraction of sp³-hybridized carbons (Fsp3) is 0.333. The molecule has 0 aromatic heterocycles. The minimum atomic E-state index is 0. The summed E-state index contributed by atoms with van der Waals surface area (Å²) < 4.78 is 0. The largest absolute Gasteiger partial charge is 0.507 e. The van der Waals surface area contributed by atoms with Crippen molar-refractivity contribution in [2.45, 2.75) is 6.92 Å². The molecule has 0 N–H and O–H groups in total. The SMILES string of the molecule is C=[C-]C.[Pd]. The van der Waals surface area contributed by atoms with E-state index in [0.717, 1.165) is 0 Å². The Labute approximate surface area is 40.6 Å². The Morgan fingerprint density at radius 2 is 1.75 bits per heavy atom. The van der Waals surface area contributed by atoms with Gasteiger partial charge in [-0.3, -0.25) is 6.58 Å². The van der Waals surface area contributed by atoms with Crippen molar-refractivity contribution in [3.8, 4) is 0 Å². The maximum Gasteiger partial charge on any atom is 0 e. The standard InChI is InChI=1S/C3H5.Pd/c1-3-2;/h1H2,2H3;/q-1;. The van der Waals surface area contributed by atoms with Crippen LogP contribution in [0.2, 0.25) is 0 Å². The van der Waals surface area contributed by atoms with E-state index in [1.165, 1.54) is 0 Å². The molecule has 0 nitrogen and oxygen atoms in total. The van der Waals surface area contributed by atoms with Gasteiger partial charge in [-0.1, -0.05) is 0 Å². The molecule has 0 aromatic carbocycles. The molecule has 0 spiro atoms. The van der Waals surface area contributed by atoms with E-state index in [2.05, 4.69) is 12.7 Å². The first-order valence-corrected chi connectivity index (χ1v) is 0.854. The zero-order valence-electron chi connectivity index (χ0n) is 2.52. The second kappa shape index (κ2) is 9.98. The number of rotatable bonds is 0. The van der Waals surface area contributed by atoms with Crippen LogP contribution in [0.15, 0.2) is 6.58 Å². The second-order valence-corrected chi connectivity index (χ2v) is 0.354. The molecule has 0 unspecified atom stereocenters. The molecule has 0 heterocycles. The average molecular weight is 147 g/mol. The third-order valence-corrected chi connectivity index (χ3v) is 0. The van der Waals surface area contributed by atoms with Gasteiger partial charge in [-0.15, -0.1) is 0 Å². The van der Waals surface area contributed by atoms with Crippen molar-refractivity contribution in [3.05, 3.63) is 12.7 Å². The Morgan fingerprint density at radius 3 is 1.75 bits per heavy atom. The second-order valence-electron chi connectivity index (χ2n) is 0.354.